The number of anilines is 1. The molecule has 0 radical (unpaired) electrons. The minimum absolute atomic E-state index is 0.0891. The highest BCUT2D eigenvalue weighted by Gasteiger charge is 2.42. The van der Waals surface area contributed by atoms with E-state index in [1.165, 1.54) is 0 Å². The van der Waals surface area contributed by atoms with E-state index in [-0.39, 0.29) is 17.1 Å². The summed E-state index contributed by atoms with van der Waals surface area (Å²) in [6.45, 7) is 6.10. The number of carbonyl (C=O) groups excluding carboxylic acids is 2. The van der Waals surface area contributed by atoms with Gasteiger partial charge in [-0.15, -0.1) is 0 Å². The van der Waals surface area contributed by atoms with Crippen molar-refractivity contribution < 1.29 is 9.59 Å². The van der Waals surface area contributed by atoms with Crippen molar-refractivity contribution in [2.24, 2.45) is 5.41 Å². The number of para-hydroxylation sites is 1. The molecule has 154 valence electrons. The highest BCUT2D eigenvalue weighted by molar-refractivity contribution is 6.30. The summed E-state index contributed by atoms with van der Waals surface area (Å²) in [5.41, 5.74) is 4.44. The molecule has 1 heterocycles. The van der Waals surface area contributed by atoms with E-state index in [4.69, 9.17) is 11.6 Å². The fourth-order valence-electron chi connectivity index (χ4n) is 4.45. The van der Waals surface area contributed by atoms with Crippen molar-refractivity contribution >= 4 is 29.0 Å². The van der Waals surface area contributed by atoms with E-state index in [2.05, 4.69) is 24.5 Å². The second kappa shape index (κ2) is 7.77. The Morgan fingerprint density at radius 3 is 2.40 bits per heavy atom. The second-order valence-electron chi connectivity index (χ2n) is 8.80. The number of nitrogens with one attached hydrogen (secondary N) is 2. The number of dihydropyridines is 1. The van der Waals surface area contributed by atoms with E-state index in [0.29, 0.717) is 28.3 Å². The fourth-order valence-corrected chi connectivity index (χ4v) is 4.57. The largest absolute Gasteiger partial charge is 0.362 e. The average molecular weight is 421 g/mol. The van der Waals surface area contributed by atoms with Crippen LogP contribution in [0.5, 0.6) is 0 Å². The molecule has 4 rings (SSSR count). The molecule has 1 atom stereocenters. The molecule has 4 nitrogen and oxygen atoms in total. The van der Waals surface area contributed by atoms with Gasteiger partial charge in [0.25, 0.3) is 5.91 Å². The lowest BCUT2D eigenvalue weighted by Gasteiger charge is -2.39. The molecule has 0 spiro atoms. The average Bonchev–Trinajstić information content (AvgIpc) is 2.67. The maximum Gasteiger partial charge on any atom is 0.254 e. The number of rotatable bonds is 3. The van der Waals surface area contributed by atoms with Gasteiger partial charge in [0, 0.05) is 45.6 Å². The van der Waals surface area contributed by atoms with Crippen molar-refractivity contribution in [3.05, 3.63) is 87.7 Å². The maximum atomic E-state index is 13.4. The molecule has 0 aromatic heterocycles. The zero-order valence-electron chi connectivity index (χ0n) is 17.4. The lowest BCUT2D eigenvalue weighted by Crippen LogP contribution is -2.39. The van der Waals surface area contributed by atoms with Crippen LogP contribution in [-0.2, 0) is 9.59 Å². The first-order valence-corrected chi connectivity index (χ1v) is 10.5. The van der Waals surface area contributed by atoms with Crippen molar-refractivity contribution in [2.75, 3.05) is 5.32 Å². The van der Waals surface area contributed by atoms with E-state index < -0.39 is 5.92 Å². The van der Waals surface area contributed by atoms with Crippen molar-refractivity contribution in [2.45, 2.75) is 39.5 Å². The highest BCUT2D eigenvalue weighted by Crippen LogP contribution is 2.46. The van der Waals surface area contributed by atoms with Crippen molar-refractivity contribution in [1.82, 2.24) is 5.32 Å². The monoisotopic (exact) mass is 420 g/mol. The number of halogens is 1. The number of benzene rings is 2. The molecule has 0 fully saturated rings. The molecule has 0 saturated heterocycles. The molecule has 5 heteroatoms. The van der Waals surface area contributed by atoms with Crippen LogP contribution in [-0.4, -0.2) is 11.7 Å². The molecule has 2 N–H and O–H groups in total. The summed E-state index contributed by atoms with van der Waals surface area (Å²) in [4.78, 5) is 26.6. The van der Waals surface area contributed by atoms with Crippen LogP contribution in [0.25, 0.3) is 0 Å². The second-order valence-corrected chi connectivity index (χ2v) is 9.24. The van der Waals surface area contributed by atoms with Crippen LogP contribution < -0.4 is 10.6 Å². The Kier molecular flexibility index (Phi) is 5.29. The zero-order chi connectivity index (χ0) is 21.5. The van der Waals surface area contributed by atoms with Crippen LogP contribution in [0, 0.1) is 5.41 Å². The third kappa shape index (κ3) is 3.92. The summed E-state index contributed by atoms with van der Waals surface area (Å²) in [5, 5.41) is 6.99. The highest BCUT2D eigenvalue weighted by atomic mass is 35.5. The third-order valence-corrected chi connectivity index (χ3v) is 5.97. The molecule has 0 bridgehead atoms. The zero-order valence-corrected chi connectivity index (χ0v) is 18.1. The van der Waals surface area contributed by atoms with E-state index >= 15 is 0 Å². The molecule has 2 aromatic carbocycles. The minimum Gasteiger partial charge on any atom is -0.362 e. The van der Waals surface area contributed by atoms with Crippen LogP contribution in [0.1, 0.15) is 45.1 Å². The van der Waals surface area contributed by atoms with Gasteiger partial charge in [0.1, 0.15) is 0 Å². The number of carbonyl (C=O) groups is 2. The lowest BCUT2D eigenvalue weighted by atomic mass is 9.68. The number of hydrogen-bond donors (Lipinski definition) is 2. The summed E-state index contributed by atoms with van der Waals surface area (Å²) in [6.07, 6.45) is 1.23. The first-order chi connectivity index (χ1) is 14.2. The van der Waals surface area contributed by atoms with Gasteiger partial charge in [-0.05, 0) is 48.6 Å². The van der Waals surface area contributed by atoms with Gasteiger partial charge in [0.15, 0.2) is 5.78 Å². The van der Waals surface area contributed by atoms with Gasteiger partial charge in [-0.3, -0.25) is 9.59 Å². The number of Topliss-reactive ketones (excluding diaryl/α,β-unsaturated/α-hetero) is 1. The van der Waals surface area contributed by atoms with Gasteiger partial charge in [-0.1, -0.05) is 55.8 Å². The van der Waals surface area contributed by atoms with Gasteiger partial charge in [-0.25, -0.2) is 0 Å². The normalized spacial score (nSPS) is 20.5. The third-order valence-electron chi connectivity index (χ3n) is 5.72. The Morgan fingerprint density at radius 1 is 1.07 bits per heavy atom. The number of ketones is 1. The predicted molar refractivity (Wildman–Crippen MR) is 120 cm³/mol. The minimum atomic E-state index is -0.425. The topological polar surface area (TPSA) is 58.2 Å². The number of allylic oxidation sites excluding steroid dienone is 3. The van der Waals surface area contributed by atoms with Gasteiger partial charge in [-0.2, -0.15) is 0 Å². The SMILES string of the molecule is CC1=C(C(=O)Nc2ccccc2)C(c2ccc(Cl)cc2)C2=C(CC(C)(C)CC2=O)N1. The van der Waals surface area contributed by atoms with Crippen LogP contribution in [0.4, 0.5) is 5.69 Å². The molecular weight excluding hydrogens is 396 g/mol. The van der Waals surface area contributed by atoms with Gasteiger partial charge in [0.05, 0.1) is 0 Å². The summed E-state index contributed by atoms with van der Waals surface area (Å²) < 4.78 is 0. The van der Waals surface area contributed by atoms with E-state index in [1.54, 1.807) is 12.1 Å². The molecule has 1 unspecified atom stereocenters. The Balaban J connectivity index is 1.81. The molecule has 1 amide bonds. The Hall–Kier alpha value is -2.85. The Bertz CT molecular complexity index is 1070. The predicted octanol–water partition coefficient (Wildman–Crippen LogP) is 5.58. The number of amides is 1. The first-order valence-electron chi connectivity index (χ1n) is 10.1. The Morgan fingerprint density at radius 2 is 1.73 bits per heavy atom. The molecule has 30 heavy (non-hydrogen) atoms. The molecule has 1 aliphatic heterocycles. The first kappa shape index (κ1) is 20.4. The molecule has 2 aromatic rings. The van der Waals surface area contributed by atoms with Gasteiger partial charge in [0.2, 0.25) is 0 Å². The van der Waals surface area contributed by atoms with E-state index in [0.717, 1.165) is 23.4 Å². The van der Waals surface area contributed by atoms with Crippen LogP contribution >= 0.6 is 11.6 Å². The van der Waals surface area contributed by atoms with Crippen molar-refractivity contribution in [3.8, 4) is 0 Å². The van der Waals surface area contributed by atoms with Crippen LogP contribution in [0.3, 0.4) is 0 Å². The van der Waals surface area contributed by atoms with Crippen LogP contribution in [0.2, 0.25) is 5.02 Å². The van der Waals surface area contributed by atoms with Crippen molar-refractivity contribution in [1.29, 1.82) is 0 Å². The standard InChI is InChI=1S/C25H25ClN2O2/c1-15-21(24(30)28-18-7-5-4-6-8-18)22(16-9-11-17(26)12-10-16)23-19(27-15)13-25(2,3)14-20(23)29/h4-12,22,27H,13-14H2,1-3H3,(H,28,30). The summed E-state index contributed by atoms with van der Waals surface area (Å²) >= 11 is 6.11. The maximum absolute atomic E-state index is 13.4. The van der Waals surface area contributed by atoms with Gasteiger partial charge >= 0.3 is 0 Å². The van der Waals surface area contributed by atoms with Crippen LogP contribution in [0.15, 0.2) is 77.1 Å². The fraction of sp³-hybridized carbons (Fsp3) is 0.280. The molecule has 0 saturated carbocycles. The smallest absolute Gasteiger partial charge is 0.254 e. The summed E-state index contributed by atoms with van der Waals surface area (Å²) in [5.74, 6) is -0.549. The van der Waals surface area contributed by atoms with Crippen molar-refractivity contribution in [3.63, 3.8) is 0 Å². The molecular formula is C25H25ClN2O2. The summed E-state index contributed by atoms with van der Waals surface area (Å²) in [7, 11) is 0. The van der Waals surface area contributed by atoms with E-state index in [9.17, 15) is 9.59 Å². The lowest BCUT2D eigenvalue weighted by molar-refractivity contribution is -0.118. The Labute approximate surface area is 182 Å². The van der Waals surface area contributed by atoms with Gasteiger partial charge < -0.3 is 10.6 Å². The van der Waals surface area contributed by atoms with E-state index in [1.807, 2.05) is 49.4 Å². The quantitative estimate of drug-likeness (QED) is 0.681. The number of hydrogen-bond acceptors (Lipinski definition) is 3. The summed E-state index contributed by atoms with van der Waals surface area (Å²) in [6, 6.07) is 16.8. The molecule has 1 aliphatic carbocycles. The molecule has 2 aliphatic rings.